The van der Waals surface area contributed by atoms with Crippen LogP contribution in [0.5, 0.6) is 0 Å². The number of guanidine groups is 1. The van der Waals surface area contributed by atoms with Gasteiger partial charge >= 0.3 is 0 Å². The Hall–Kier alpha value is -1.82. The van der Waals surface area contributed by atoms with Crippen molar-refractivity contribution in [2.45, 2.75) is 66.2 Å². The minimum atomic E-state index is 0.261. The van der Waals surface area contributed by atoms with Crippen LogP contribution in [0, 0.1) is 5.41 Å². The van der Waals surface area contributed by atoms with Crippen molar-refractivity contribution in [3.05, 3.63) is 23.9 Å². The van der Waals surface area contributed by atoms with Crippen molar-refractivity contribution >= 4 is 11.8 Å². The van der Waals surface area contributed by atoms with Gasteiger partial charge in [-0.1, -0.05) is 26.8 Å². The molecule has 1 saturated heterocycles. The van der Waals surface area contributed by atoms with E-state index in [2.05, 4.69) is 72.3 Å². The molecule has 0 amide bonds. The van der Waals surface area contributed by atoms with Gasteiger partial charge in [-0.2, -0.15) is 0 Å². The smallest absolute Gasteiger partial charge is 0.191 e. The van der Waals surface area contributed by atoms with Crippen LogP contribution in [0.1, 0.15) is 53.0 Å². The maximum absolute atomic E-state index is 5.60. The molecule has 1 aromatic rings. The lowest BCUT2D eigenvalue weighted by atomic mass is 9.89. The molecule has 1 aromatic heterocycles. The van der Waals surface area contributed by atoms with Crippen LogP contribution in [0.4, 0.5) is 5.82 Å². The van der Waals surface area contributed by atoms with E-state index in [0.717, 1.165) is 43.5 Å². The number of morpholine rings is 1. The van der Waals surface area contributed by atoms with Gasteiger partial charge in [0, 0.05) is 38.9 Å². The van der Waals surface area contributed by atoms with E-state index in [0.29, 0.717) is 18.0 Å². The summed E-state index contributed by atoms with van der Waals surface area (Å²) in [5, 5.41) is 6.86. The Bertz CT molecular complexity index is 594. The normalized spacial score (nSPS) is 19.7. The number of pyridine rings is 1. The van der Waals surface area contributed by atoms with Gasteiger partial charge in [0.25, 0.3) is 0 Å². The summed E-state index contributed by atoms with van der Waals surface area (Å²) in [6.07, 6.45) is 4.51. The molecule has 0 spiro atoms. The second-order valence-electron chi connectivity index (χ2n) is 8.72. The zero-order chi connectivity index (χ0) is 19.9. The molecule has 27 heavy (non-hydrogen) atoms. The highest BCUT2D eigenvalue weighted by Gasteiger charge is 2.17. The Morgan fingerprint density at radius 2 is 2.19 bits per heavy atom. The minimum Gasteiger partial charge on any atom is -0.375 e. The summed E-state index contributed by atoms with van der Waals surface area (Å²) in [5.41, 5.74) is 1.50. The number of aromatic nitrogens is 1. The molecular weight excluding hydrogens is 338 g/mol. The molecule has 6 heteroatoms. The Morgan fingerprint density at radius 3 is 2.78 bits per heavy atom. The highest BCUT2D eigenvalue weighted by atomic mass is 16.5. The molecule has 1 aliphatic heterocycles. The lowest BCUT2D eigenvalue weighted by Gasteiger charge is -2.32. The van der Waals surface area contributed by atoms with Crippen LogP contribution in [0.25, 0.3) is 0 Å². The Labute approximate surface area is 164 Å². The van der Waals surface area contributed by atoms with Crippen molar-refractivity contribution in [1.82, 2.24) is 15.6 Å². The van der Waals surface area contributed by atoms with Gasteiger partial charge in [0.2, 0.25) is 0 Å². The third-order valence-electron chi connectivity index (χ3n) is 4.77. The molecule has 2 rings (SSSR count). The molecule has 0 aliphatic carbocycles. The summed E-state index contributed by atoms with van der Waals surface area (Å²) < 4.78 is 5.60. The number of hydrogen-bond donors (Lipinski definition) is 2. The average molecular weight is 376 g/mol. The SMILES string of the molecule is CN=C(NCc1ccc(N2CCOC(C)C2)nc1)NC(C)CCC(C)(C)C. The third-order valence-corrected chi connectivity index (χ3v) is 4.77. The standard InChI is InChI=1S/C21H37N5O/c1-16(9-10-21(3,4)5)25-20(22-6)24-14-18-7-8-19(23-13-18)26-11-12-27-17(2)15-26/h7-8,13,16-17H,9-12,14-15H2,1-6H3,(H2,22,24,25). The predicted octanol–water partition coefficient (Wildman–Crippen LogP) is 3.19. The summed E-state index contributed by atoms with van der Waals surface area (Å²) in [7, 11) is 1.81. The van der Waals surface area contributed by atoms with Crippen LogP contribution in [0.15, 0.2) is 23.3 Å². The van der Waals surface area contributed by atoms with Crippen molar-refractivity contribution in [3.8, 4) is 0 Å². The molecule has 1 aliphatic rings. The Morgan fingerprint density at radius 1 is 1.41 bits per heavy atom. The van der Waals surface area contributed by atoms with Crippen LogP contribution in [-0.2, 0) is 11.3 Å². The minimum absolute atomic E-state index is 0.261. The summed E-state index contributed by atoms with van der Waals surface area (Å²) in [6, 6.07) is 4.61. The number of hydrogen-bond acceptors (Lipinski definition) is 4. The van der Waals surface area contributed by atoms with Gasteiger partial charge in [0.15, 0.2) is 5.96 Å². The van der Waals surface area contributed by atoms with Gasteiger partial charge in [0.1, 0.15) is 5.82 Å². The molecule has 2 N–H and O–H groups in total. The molecule has 0 radical (unpaired) electrons. The molecule has 2 atom stereocenters. The van der Waals surface area contributed by atoms with E-state index >= 15 is 0 Å². The second kappa shape index (κ2) is 9.93. The number of aliphatic imine (C=N–C) groups is 1. The number of rotatable bonds is 6. The lowest BCUT2D eigenvalue weighted by molar-refractivity contribution is 0.0529. The van der Waals surface area contributed by atoms with Crippen LogP contribution in [0.3, 0.4) is 0 Å². The summed E-state index contributed by atoms with van der Waals surface area (Å²) in [4.78, 5) is 11.2. The van der Waals surface area contributed by atoms with Crippen molar-refractivity contribution < 1.29 is 4.74 Å². The molecule has 152 valence electrons. The predicted molar refractivity (Wildman–Crippen MR) is 113 cm³/mol. The molecule has 0 bridgehead atoms. The maximum atomic E-state index is 5.60. The maximum Gasteiger partial charge on any atom is 0.191 e. The zero-order valence-corrected chi connectivity index (χ0v) is 17.9. The second-order valence-corrected chi connectivity index (χ2v) is 8.72. The molecule has 0 saturated carbocycles. The summed E-state index contributed by atoms with van der Waals surface area (Å²) in [6.45, 7) is 14.4. The quantitative estimate of drug-likeness (QED) is 0.591. The van der Waals surface area contributed by atoms with E-state index in [-0.39, 0.29) is 6.10 Å². The molecule has 6 nitrogen and oxygen atoms in total. The monoisotopic (exact) mass is 375 g/mol. The third kappa shape index (κ3) is 7.75. The van der Waals surface area contributed by atoms with Crippen molar-refractivity contribution in [3.63, 3.8) is 0 Å². The first-order chi connectivity index (χ1) is 12.8. The van der Waals surface area contributed by atoms with Gasteiger partial charge < -0.3 is 20.3 Å². The van der Waals surface area contributed by atoms with Gasteiger partial charge in [0.05, 0.1) is 12.7 Å². The van der Waals surface area contributed by atoms with E-state index in [9.17, 15) is 0 Å². The summed E-state index contributed by atoms with van der Waals surface area (Å²) >= 11 is 0. The molecule has 1 fully saturated rings. The van der Waals surface area contributed by atoms with E-state index < -0.39 is 0 Å². The van der Waals surface area contributed by atoms with E-state index in [1.54, 1.807) is 0 Å². The van der Waals surface area contributed by atoms with E-state index in [4.69, 9.17) is 4.74 Å². The number of ether oxygens (including phenoxy) is 1. The lowest BCUT2D eigenvalue weighted by Crippen LogP contribution is -2.42. The molecule has 2 unspecified atom stereocenters. The van der Waals surface area contributed by atoms with Gasteiger partial charge in [-0.3, -0.25) is 4.99 Å². The average Bonchev–Trinajstić information content (AvgIpc) is 2.63. The topological polar surface area (TPSA) is 61.8 Å². The molecule has 0 aromatic carbocycles. The van der Waals surface area contributed by atoms with Crippen molar-refractivity contribution in [2.75, 3.05) is 31.6 Å². The summed E-state index contributed by atoms with van der Waals surface area (Å²) in [5.74, 6) is 1.86. The van der Waals surface area contributed by atoms with Crippen LogP contribution in [-0.4, -0.2) is 49.8 Å². The number of nitrogens with one attached hydrogen (secondary N) is 2. The first kappa shape index (κ1) is 21.5. The fourth-order valence-corrected chi connectivity index (χ4v) is 3.07. The van der Waals surface area contributed by atoms with Crippen molar-refractivity contribution in [1.29, 1.82) is 0 Å². The Balaban J connectivity index is 1.80. The molecular formula is C21H37N5O. The highest BCUT2D eigenvalue weighted by molar-refractivity contribution is 5.79. The first-order valence-corrected chi connectivity index (χ1v) is 10.1. The van der Waals surface area contributed by atoms with E-state index in [1.165, 1.54) is 6.42 Å². The largest absolute Gasteiger partial charge is 0.375 e. The fourth-order valence-electron chi connectivity index (χ4n) is 3.07. The van der Waals surface area contributed by atoms with Gasteiger partial charge in [-0.05, 0) is 43.7 Å². The molecule has 2 heterocycles. The van der Waals surface area contributed by atoms with Gasteiger partial charge in [-0.15, -0.1) is 0 Å². The first-order valence-electron chi connectivity index (χ1n) is 10.1. The number of nitrogens with zero attached hydrogens (tertiary/aromatic N) is 3. The highest BCUT2D eigenvalue weighted by Crippen LogP contribution is 2.21. The Kier molecular flexibility index (Phi) is 7.90. The zero-order valence-electron chi connectivity index (χ0n) is 17.9. The fraction of sp³-hybridized carbons (Fsp3) is 0.714. The van der Waals surface area contributed by atoms with Crippen molar-refractivity contribution in [2.24, 2.45) is 10.4 Å². The number of anilines is 1. The van der Waals surface area contributed by atoms with Crippen LogP contribution >= 0.6 is 0 Å². The van der Waals surface area contributed by atoms with Crippen LogP contribution < -0.4 is 15.5 Å². The van der Waals surface area contributed by atoms with Crippen LogP contribution in [0.2, 0.25) is 0 Å². The van der Waals surface area contributed by atoms with E-state index in [1.807, 2.05) is 13.2 Å². The van der Waals surface area contributed by atoms with Gasteiger partial charge in [-0.25, -0.2) is 4.98 Å².